The predicted molar refractivity (Wildman–Crippen MR) is 79.2 cm³/mol. The first-order chi connectivity index (χ1) is 10.1. The second kappa shape index (κ2) is 7.12. The summed E-state index contributed by atoms with van der Waals surface area (Å²) in [6.45, 7) is 1.84. The molecule has 0 aliphatic heterocycles. The fourth-order valence-electron chi connectivity index (χ4n) is 1.82. The Kier molecular flexibility index (Phi) is 5.21. The average Bonchev–Trinajstić information content (AvgIpc) is 2.86. The molecule has 0 saturated heterocycles. The maximum Gasteiger partial charge on any atom is 0.305 e. The van der Waals surface area contributed by atoms with Gasteiger partial charge in [0.25, 0.3) is 5.22 Å². The number of para-hydroxylation sites is 2. The maximum atomic E-state index is 11.8. The Morgan fingerprint density at radius 1 is 1.43 bits per heavy atom. The number of nitrogens with one attached hydrogen (secondary N) is 1. The van der Waals surface area contributed by atoms with Crippen molar-refractivity contribution in [3.05, 3.63) is 24.3 Å². The van der Waals surface area contributed by atoms with Crippen LogP contribution in [0.1, 0.15) is 19.8 Å². The molecule has 1 aromatic carbocycles. The van der Waals surface area contributed by atoms with Crippen molar-refractivity contribution in [1.29, 1.82) is 0 Å². The number of aliphatic carboxylic acids is 1. The Balaban J connectivity index is 1.87. The fourth-order valence-corrected chi connectivity index (χ4v) is 2.47. The lowest BCUT2D eigenvalue weighted by molar-refractivity contribution is -0.137. The zero-order chi connectivity index (χ0) is 15.2. The molecule has 7 heteroatoms. The van der Waals surface area contributed by atoms with Gasteiger partial charge in [0.05, 0.1) is 12.2 Å². The Labute approximate surface area is 125 Å². The highest BCUT2D eigenvalue weighted by molar-refractivity contribution is 7.99. The van der Waals surface area contributed by atoms with Crippen LogP contribution in [-0.2, 0) is 9.59 Å². The van der Waals surface area contributed by atoms with Crippen LogP contribution in [0.3, 0.4) is 0 Å². The predicted octanol–water partition coefficient (Wildman–Crippen LogP) is 2.29. The quantitative estimate of drug-likeness (QED) is 0.762. The van der Waals surface area contributed by atoms with Gasteiger partial charge in [0.15, 0.2) is 5.58 Å². The van der Waals surface area contributed by atoms with Gasteiger partial charge in [-0.3, -0.25) is 9.59 Å². The molecular formula is C14H16N2O4S. The lowest BCUT2D eigenvalue weighted by atomic mass is 10.1. The molecule has 0 bridgehead atoms. The summed E-state index contributed by atoms with van der Waals surface area (Å²) in [4.78, 5) is 26.7. The Bertz CT molecular complexity index is 608. The van der Waals surface area contributed by atoms with E-state index in [1.54, 1.807) is 0 Å². The molecule has 112 valence electrons. The molecular weight excluding hydrogens is 292 g/mol. The first-order valence-electron chi connectivity index (χ1n) is 6.58. The third kappa shape index (κ3) is 4.49. The summed E-state index contributed by atoms with van der Waals surface area (Å²) < 4.78 is 5.49. The third-order valence-electron chi connectivity index (χ3n) is 2.88. The number of carbonyl (C=O) groups excluding carboxylic acids is 1. The summed E-state index contributed by atoms with van der Waals surface area (Å²) >= 11 is 1.19. The van der Waals surface area contributed by atoms with E-state index in [0.29, 0.717) is 17.2 Å². The van der Waals surface area contributed by atoms with E-state index in [-0.39, 0.29) is 24.1 Å². The molecule has 0 aliphatic carbocycles. The highest BCUT2D eigenvalue weighted by Crippen LogP contribution is 2.22. The van der Waals surface area contributed by atoms with Crippen LogP contribution >= 0.6 is 11.8 Å². The van der Waals surface area contributed by atoms with Gasteiger partial charge in [0.1, 0.15) is 5.52 Å². The number of nitrogens with zero attached hydrogens (tertiary/aromatic N) is 1. The Morgan fingerprint density at radius 2 is 2.19 bits per heavy atom. The monoisotopic (exact) mass is 308 g/mol. The van der Waals surface area contributed by atoms with Crippen LogP contribution in [0.15, 0.2) is 33.9 Å². The van der Waals surface area contributed by atoms with Crippen LogP contribution in [0.4, 0.5) is 0 Å². The van der Waals surface area contributed by atoms with Gasteiger partial charge in [0.2, 0.25) is 5.91 Å². The summed E-state index contributed by atoms with van der Waals surface area (Å²) in [5.74, 6) is -1.01. The number of benzene rings is 1. The Morgan fingerprint density at radius 3 is 2.86 bits per heavy atom. The minimum Gasteiger partial charge on any atom is -0.481 e. The van der Waals surface area contributed by atoms with E-state index in [4.69, 9.17) is 9.52 Å². The first kappa shape index (κ1) is 15.4. The van der Waals surface area contributed by atoms with Crippen molar-refractivity contribution in [3.63, 3.8) is 0 Å². The van der Waals surface area contributed by atoms with Gasteiger partial charge in [-0.05, 0) is 18.6 Å². The molecule has 6 nitrogen and oxygen atoms in total. The molecule has 1 atom stereocenters. The summed E-state index contributed by atoms with van der Waals surface area (Å²) in [7, 11) is 0. The molecule has 0 saturated carbocycles. The van der Waals surface area contributed by atoms with Gasteiger partial charge < -0.3 is 14.8 Å². The van der Waals surface area contributed by atoms with Gasteiger partial charge in [-0.25, -0.2) is 4.98 Å². The topological polar surface area (TPSA) is 92.4 Å². The van der Waals surface area contributed by atoms with Crippen molar-refractivity contribution in [2.75, 3.05) is 5.75 Å². The van der Waals surface area contributed by atoms with Crippen LogP contribution in [0, 0.1) is 0 Å². The molecule has 1 heterocycles. The van der Waals surface area contributed by atoms with Crippen LogP contribution in [0.2, 0.25) is 0 Å². The summed E-state index contributed by atoms with van der Waals surface area (Å²) in [6, 6.07) is 7.02. The lowest BCUT2D eigenvalue weighted by Gasteiger charge is -2.13. The molecule has 2 aromatic rings. The summed E-state index contributed by atoms with van der Waals surface area (Å²) in [6.07, 6.45) is 0.501. The molecule has 2 rings (SSSR count). The second-order valence-corrected chi connectivity index (χ2v) is 5.43. The fraction of sp³-hybridized carbons (Fsp3) is 0.357. The van der Waals surface area contributed by atoms with Crippen molar-refractivity contribution in [1.82, 2.24) is 10.3 Å². The van der Waals surface area contributed by atoms with Crippen molar-refractivity contribution in [2.24, 2.45) is 0 Å². The maximum absolute atomic E-state index is 11.8. The second-order valence-electron chi connectivity index (χ2n) is 4.51. The van der Waals surface area contributed by atoms with E-state index < -0.39 is 5.97 Å². The van der Waals surface area contributed by atoms with Crippen LogP contribution < -0.4 is 5.32 Å². The van der Waals surface area contributed by atoms with E-state index >= 15 is 0 Å². The molecule has 1 unspecified atom stereocenters. The Hall–Kier alpha value is -2.02. The number of oxazole rings is 1. The average molecular weight is 308 g/mol. The van der Waals surface area contributed by atoms with E-state index in [1.165, 1.54) is 11.8 Å². The van der Waals surface area contributed by atoms with Gasteiger partial charge in [-0.1, -0.05) is 30.8 Å². The molecule has 1 aromatic heterocycles. The van der Waals surface area contributed by atoms with E-state index in [1.807, 2.05) is 31.2 Å². The molecule has 0 fully saturated rings. The SMILES string of the molecule is CCC(CC(=O)O)NC(=O)CSc1nc2ccccc2o1. The number of fused-ring (bicyclic) bond motifs is 1. The van der Waals surface area contributed by atoms with Crippen molar-refractivity contribution >= 4 is 34.7 Å². The molecule has 0 spiro atoms. The number of amides is 1. The van der Waals surface area contributed by atoms with Crippen molar-refractivity contribution in [3.8, 4) is 0 Å². The zero-order valence-electron chi connectivity index (χ0n) is 11.5. The van der Waals surface area contributed by atoms with Gasteiger partial charge in [0, 0.05) is 6.04 Å². The number of rotatable bonds is 7. The number of carbonyl (C=O) groups is 2. The summed E-state index contributed by atoms with van der Waals surface area (Å²) in [5.41, 5.74) is 1.43. The van der Waals surface area contributed by atoms with Crippen LogP contribution in [0.25, 0.3) is 11.1 Å². The third-order valence-corrected chi connectivity index (χ3v) is 3.71. The molecule has 1 amide bonds. The number of carboxylic acids is 1. The minimum atomic E-state index is -0.922. The number of aromatic nitrogens is 1. The van der Waals surface area contributed by atoms with E-state index in [9.17, 15) is 9.59 Å². The number of thioether (sulfide) groups is 1. The minimum absolute atomic E-state index is 0.0736. The highest BCUT2D eigenvalue weighted by Gasteiger charge is 2.15. The number of hydrogen-bond donors (Lipinski definition) is 2. The van der Waals surface area contributed by atoms with Crippen LogP contribution in [0.5, 0.6) is 0 Å². The standard InChI is InChI=1S/C14H16N2O4S/c1-2-9(7-13(18)19)15-12(17)8-21-14-16-10-5-3-4-6-11(10)20-14/h3-6,9H,2,7-8H2,1H3,(H,15,17)(H,18,19). The first-order valence-corrected chi connectivity index (χ1v) is 7.56. The van der Waals surface area contributed by atoms with E-state index in [2.05, 4.69) is 10.3 Å². The number of carboxylic acid groups (broad SMARTS) is 1. The van der Waals surface area contributed by atoms with Crippen molar-refractivity contribution in [2.45, 2.75) is 31.0 Å². The molecule has 0 radical (unpaired) electrons. The summed E-state index contributed by atoms with van der Waals surface area (Å²) in [5, 5.41) is 11.9. The molecule has 0 aliphatic rings. The van der Waals surface area contributed by atoms with E-state index in [0.717, 1.165) is 5.52 Å². The normalized spacial score (nSPS) is 12.2. The highest BCUT2D eigenvalue weighted by atomic mass is 32.2. The van der Waals surface area contributed by atoms with Gasteiger partial charge in [-0.2, -0.15) is 0 Å². The molecule has 21 heavy (non-hydrogen) atoms. The van der Waals surface area contributed by atoms with Gasteiger partial charge in [-0.15, -0.1) is 0 Å². The molecule has 2 N–H and O–H groups in total. The van der Waals surface area contributed by atoms with Crippen molar-refractivity contribution < 1.29 is 19.1 Å². The van der Waals surface area contributed by atoms with Crippen LogP contribution in [-0.4, -0.2) is 33.8 Å². The zero-order valence-corrected chi connectivity index (χ0v) is 12.4. The number of hydrogen-bond acceptors (Lipinski definition) is 5. The lowest BCUT2D eigenvalue weighted by Crippen LogP contribution is -2.37. The van der Waals surface area contributed by atoms with Gasteiger partial charge >= 0.3 is 5.97 Å². The largest absolute Gasteiger partial charge is 0.481 e. The smallest absolute Gasteiger partial charge is 0.305 e.